The third-order valence-electron chi connectivity index (χ3n) is 2.68. The lowest BCUT2D eigenvalue weighted by Crippen LogP contribution is -2.43. The quantitative estimate of drug-likeness (QED) is 0.800. The predicted octanol–water partition coefficient (Wildman–Crippen LogP) is 2.47. The minimum absolute atomic E-state index is 0.245. The van der Waals surface area contributed by atoms with E-state index < -0.39 is 28.6 Å². The van der Waals surface area contributed by atoms with Crippen LogP contribution in [0.3, 0.4) is 0 Å². The summed E-state index contributed by atoms with van der Waals surface area (Å²) in [6, 6.07) is 2.07. The summed E-state index contributed by atoms with van der Waals surface area (Å²) < 4.78 is 27.0. The van der Waals surface area contributed by atoms with Gasteiger partial charge in [0.25, 0.3) is 5.91 Å². The molecule has 0 aliphatic heterocycles. The Morgan fingerprint density at radius 2 is 2.00 bits per heavy atom. The molecule has 0 aliphatic carbocycles. The van der Waals surface area contributed by atoms with Crippen molar-refractivity contribution in [3.63, 3.8) is 0 Å². The van der Waals surface area contributed by atoms with Crippen molar-refractivity contribution in [2.45, 2.75) is 32.7 Å². The summed E-state index contributed by atoms with van der Waals surface area (Å²) in [4.78, 5) is 11.8. The van der Waals surface area contributed by atoms with Gasteiger partial charge in [0.1, 0.15) is 11.4 Å². The zero-order chi connectivity index (χ0) is 13.2. The highest BCUT2D eigenvalue weighted by atomic mass is 19.1. The van der Waals surface area contributed by atoms with Gasteiger partial charge in [0.05, 0.1) is 5.69 Å². The highest BCUT2D eigenvalue weighted by Crippen LogP contribution is 2.19. The second-order valence-electron chi connectivity index (χ2n) is 4.52. The summed E-state index contributed by atoms with van der Waals surface area (Å²) in [5.74, 6) is -2.73. The highest BCUT2D eigenvalue weighted by molar-refractivity contribution is 5.96. The van der Waals surface area contributed by atoms with Gasteiger partial charge in [-0.3, -0.25) is 4.79 Å². The van der Waals surface area contributed by atoms with E-state index in [1.165, 1.54) is 0 Å². The average molecular weight is 242 g/mol. The van der Waals surface area contributed by atoms with Gasteiger partial charge in [0, 0.05) is 5.54 Å². The Labute approximate surface area is 99.0 Å². The molecule has 0 aliphatic rings. The molecule has 94 valence electrons. The molecule has 17 heavy (non-hydrogen) atoms. The molecule has 0 radical (unpaired) electrons. The number of halogens is 2. The maximum atomic E-state index is 13.6. The van der Waals surface area contributed by atoms with E-state index in [9.17, 15) is 13.6 Å². The molecular weight excluding hydrogens is 226 g/mol. The molecule has 1 amide bonds. The molecule has 3 N–H and O–H groups in total. The molecule has 0 aromatic heterocycles. The van der Waals surface area contributed by atoms with Gasteiger partial charge in [-0.2, -0.15) is 0 Å². The highest BCUT2D eigenvalue weighted by Gasteiger charge is 2.24. The van der Waals surface area contributed by atoms with Gasteiger partial charge >= 0.3 is 0 Å². The molecular formula is C12H16F2N2O. The van der Waals surface area contributed by atoms with Gasteiger partial charge in [-0.05, 0) is 32.4 Å². The average Bonchev–Trinajstić information content (AvgIpc) is 2.23. The number of hydrogen-bond donors (Lipinski definition) is 2. The lowest BCUT2D eigenvalue weighted by molar-refractivity contribution is 0.0902. The predicted molar refractivity (Wildman–Crippen MR) is 62.6 cm³/mol. The molecule has 1 rings (SSSR count). The van der Waals surface area contributed by atoms with Crippen molar-refractivity contribution in [2.75, 3.05) is 5.73 Å². The molecule has 5 heteroatoms. The Morgan fingerprint density at radius 1 is 1.41 bits per heavy atom. The molecule has 0 bridgehead atoms. The first-order chi connectivity index (χ1) is 7.78. The van der Waals surface area contributed by atoms with Gasteiger partial charge in [0.2, 0.25) is 0 Å². The fourth-order valence-electron chi connectivity index (χ4n) is 1.23. The van der Waals surface area contributed by atoms with Crippen LogP contribution in [0.15, 0.2) is 12.1 Å². The fraction of sp³-hybridized carbons (Fsp3) is 0.417. The van der Waals surface area contributed by atoms with Crippen LogP contribution in [-0.4, -0.2) is 11.4 Å². The number of nitrogens with one attached hydrogen (secondary N) is 1. The zero-order valence-electron chi connectivity index (χ0n) is 10.1. The van der Waals surface area contributed by atoms with Gasteiger partial charge < -0.3 is 11.1 Å². The number of rotatable bonds is 3. The maximum Gasteiger partial charge on any atom is 0.257 e. The summed E-state index contributed by atoms with van der Waals surface area (Å²) in [5, 5.41) is 2.56. The van der Waals surface area contributed by atoms with E-state index in [0.717, 1.165) is 12.1 Å². The third-order valence-corrected chi connectivity index (χ3v) is 2.68. The van der Waals surface area contributed by atoms with Crippen molar-refractivity contribution in [3.8, 4) is 0 Å². The maximum absolute atomic E-state index is 13.6. The summed E-state index contributed by atoms with van der Waals surface area (Å²) in [7, 11) is 0. The number of benzene rings is 1. The minimum Gasteiger partial charge on any atom is -0.396 e. The lowest BCUT2D eigenvalue weighted by Gasteiger charge is -2.24. The third kappa shape index (κ3) is 2.93. The van der Waals surface area contributed by atoms with Crippen LogP contribution in [0.5, 0.6) is 0 Å². The van der Waals surface area contributed by atoms with Crippen LogP contribution >= 0.6 is 0 Å². The molecule has 1 aromatic carbocycles. The van der Waals surface area contributed by atoms with Crippen LogP contribution in [0.1, 0.15) is 37.6 Å². The largest absolute Gasteiger partial charge is 0.396 e. The van der Waals surface area contributed by atoms with Crippen LogP contribution < -0.4 is 11.1 Å². The van der Waals surface area contributed by atoms with E-state index in [4.69, 9.17) is 5.73 Å². The van der Waals surface area contributed by atoms with Crippen molar-refractivity contribution in [1.82, 2.24) is 5.32 Å². The number of nitrogen functional groups attached to an aromatic ring is 1. The zero-order valence-corrected chi connectivity index (χ0v) is 10.1. The summed E-state index contributed by atoms with van der Waals surface area (Å²) in [6.45, 7) is 5.41. The van der Waals surface area contributed by atoms with Gasteiger partial charge in [-0.25, -0.2) is 8.78 Å². The number of hydrogen-bond acceptors (Lipinski definition) is 2. The van der Waals surface area contributed by atoms with Crippen molar-refractivity contribution in [2.24, 2.45) is 0 Å². The summed E-state index contributed by atoms with van der Waals surface area (Å²) in [5.41, 5.74) is 3.90. The Balaban J connectivity index is 3.09. The summed E-state index contributed by atoms with van der Waals surface area (Å²) in [6.07, 6.45) is 0.643. The van der Waals surface area contributed by atoms with Crippen molar-refractivity contribution < 1.29 is 13.6 Å². The van der Waals surface area contributed by atoms with Crippen LogP contribution in [0.2, 0.25) is 0 Å². The van der Waals surface area contributed by atoms with Crippen molar-refractivity contribution >= 4 is 11.6 Å². The van der Waals surface area contributed by atoms with E-state index in [0.29, 0.717) is 6.42 Å². The van der Waals surface area contributed by atoms with E-state index in [1.807, 2.05) is 6.92 Å². The van der Waals surface area contributed by atoms with Crippen molar-refractivity contribution in [1.29, 1.82) is 0 Å². The lowest BCUT2D eigenvalue weighted by atomic mass is 10.0. The molecule has 0 fully saturated rings. The molecule has 0 saturated heterocycles. The number of amides is 1. The van der Waals surface area contributed by atoms with Crippen LogP contribution in [0.4, 0.5) is 14.5 Å². The first kappa shape index (κ1) is 13.4. The minimum atomic E-state index is -1.02. The topological polar surface area (TPSA) is 55.1 Å². The smallest absolute Gasteiger partial charge is 0.257 e. The normalized spacial score (nSPS) is 11.4. The van der Waals surface area contributed by atoms with E-state index in [-0.39, 0.29) is 5.69 Å². The molecule has 0 saturated carbocycles. The Bertz CT molecular complexity index is 444. The second-order valence-corrected chi connectivity index (χ2v) is 4.52. The molecule has 3 nitrogen and oxygen atoms in total. The Morgan fingerprint density at radius 3 is 2.53 bits per heavy atom. The monoisotopic (exact) mass is 242 g/mol. The number of anilines is 1. The standard InChI is InChI=1S/C12H16F2N2O/c1-4-12(2,3)16-11(17)9-7(13)5-6-8(15)10(9)14/h5-6H,4,15H2,1-3H3,(H,16,17). The van der Waals surface area contributed by atoms with E-state index in [2.05, 4.69) is 5.32 Å². The first-order valence-electron chi connectivity index (χ1n) is 5.34. The van der Waals surface area contributed by atoms with Gasteiger partial charge in [0.15, 0.2) is 5.82 Å². The van der Waals surface area contributed by atoms with E-state index in [1.54, 1.807) is 13.8 Å². The molecule has 0 atom stereocenters. The fourth-order valence-corrected chi connectivity index (χ4v) is 1.23. The number of carbonyl (C=O) groups excluding carboxylic acids is 1. The van der Waals surface area contributed by atoms with Crippen LogP contribution in [0.25, 0.3) is 0 Å². The second kappa shape index (κ2) is 4.69. The van der Waals surface area contributed by atoms with Gasteiger partial charge in [-0.1, -0.05) is 6.92 Å². The molecule has 0 unspecified atom stereocenters. The Kier molecular flexibility index (Phi) is 3.70. The number of carbonyl (C=O) groups is 1. The SMILES string of the molecule is CCC(C)(C)NC(=O)c1c(F)ccc(N)c1F. The van der Waals surface area contributed by atoms with E-state index >= 15 is 0 Å². The Hall–Kier alpha value is -1.65. The molecule has 0 heterocycles. The van der Waals surface area contributed by atoms with Crippen LogP contribution in [0, 0.1) is 11.6 Å². The summed E-state index contributed by atoms with van der Waals surface area (Å²) >= 11 is 0. The van der Waals surface area contributed by atoms with Crippen LogP contribution in [-0.2, 0) is 0 Å². The first-order valence-corrected chi connectivity index (χ1v) is 5.34. The number of nitrogens with two attached hydrogens (primary N) is 1. The molecule has 1 aromatic rings. The van der Waals surface area contributed by atoms with Gasteiger partial charge in [-0.15, -0.1) is 0 Å². The van der Waals surface area contributed by atoms with Crippen molar-refractivity contribution in [3.05, 3.63) is 29.3 Å². The molecule has 0 spiro atoms.